The SMILES string of the molecule is CC/C=C\C/C=C\C/C=C\C/C=C\CCCCC(=O)OC(COC(=O)CC/C=C\C/C=C\C/C=C\C/C=C\CC)COC(=O)CCCCCCCCC/C=C\CCCCCCCC. The number of esters is 3. The Balaban J connectivity index is 4.54. The zero-order chi connectivity index (χ0) is 45.8. The third-order valence-electron chi connectivity index (χ3n) is 10.3. The Hall–Kier alpha value is -3.93. The first kappa shape index (κ1) is 59.1. The van der Waals surface area contributed by atoms with E-state index < -0.39 is 6.10 Å². The number of hydrogen-bond acceptors (Lipinski definition) is 6. The summed E-state index contributed by atoms with van der Waals surface area (Å²) in [5.41, 5.74) is 0. The maximum Gasteiger partial charge on any atom is 0.306 e. The molecule has 0 aromatic rings. The third-order valence-corrected chi connectivity index (χ3v) is 10.3. The quantitative estimate of drug-likeness (QED) is 0.0263. The van der Waals surface area contributed by atoms with E-state index in [1.807, 2.05) is 12.2 Å². The van der Waals surface area contributed by atoms with Crippen molar-refractivity contribution in [2.24, 2.45) is 0 Å². The summed E-state index contributed by atoms with van der Waals surface area (Å²) in [4.78, 5) is 37.9. The van der Waals surface area contributed by atoms with E-state index >= 15 is 0 Å². The molecule has 0 saturated carbocycles. The number of allylic oxidation sites excluding steroid dienone is 18. The van der Waals surface area contributed by atoms with Crippen LogP contribution in [0.25, 0.3) is 0 Å². The predicted octanol–water partition coefficient (Wildman–Crippen LogP) is 16.8. The summed E-state index contributed by atoms with van der Waals surface area (Å²) in [5, 5.41) is 0. The number of carbonyl (C=O) groups is 3. The molecule has 0 fully saturated rings. The summed E-state index contributed by atoms with van der Waals surface area (Å²) in [7, 11) is 0. The van der Waals surface area contributed by atoms with Gasteiger partial charge in [-0.3, -0.25) is 14.4 Å². The van der Waals surface area contributed by atoms with Crippen molar-refractivity contribution >= 4 is 17.9 Å². The van der Waals surface area contributed by atoms with Crippen molar-refractivity contribution in [2.45, 2.75) is 219 Å². The van der Waals surface area contributed by atoms with Crippen LogP contribution in [0.1, 0.15) is 213 Å². The van der Waals surface area contributed by atoms with E-state index in [1.54, 1.807) is 0 Å². The second-order valence-electron chi connectivity index (χ2n) is 16.3. The van der Waals surface area contributed by atoms with Gasteiger partial charge in [-0.05, 0) is 109 Å². The first-order valence-corrected chi connectivity index (χ1v) is 25.4. The number of unbranched alkanes of at least 4 members (excludes halogenated alkanes) is 15. The molecule has 1 unspecified atom stereocenters. The molecule has 0 amide bonds. The molecule has 0 aliphatic carbocycles. The Morgan fingerprint density at radius 2 is 0.651 bits per heavy atom. The van der Waals surface area contributed by atoms with Gasteiger partial charge < -0.3 is 14.2 Å². The van der Waals surface area contributed by atoms with Crippen LogP contribution in [0.5, 0.6) is 0 Å². The monoisotopic (exact) mass is 873 g/mol. The van der Waals surface area contributed by atoms with Crippen LogP contribution in [-0.4, -0.2) is 37.2 Å². The van der Waals surface area contributed by atoms with Crippen LogP contribution in [0, 0.1) is 0 Å². The minimum atomic E-state index is -0.831. The Morgan fingerprint density at radius 3 is 1.11 bits per heavy atom. The largest absolute Gasteiger partial charge is 0.462 e. The van der Waals surface area contributed by atoms with Crippen LogP contribution in [0.2, 0.25) is 0 Å². The molecule has 0 saturated heterocycles. The molecule has 0 radical (unpaired) electrons. The van der Waals surface area contributed by atoms with E-state index in [9.17, 15) is 14.4 Å². The summed E-state index contributed by atoms with van der Waals surface area (Å²) < 4.78 is 16.7. The average molecular weight is 873 g/mol. The van der Waals surface area contributed by atoms with Gasteiger partial charge in [-0.15, -0.1) is 0 Å². The van der Waals surface area contributed by atoms with Crippen LogP contribution >= 0.6 is 0 Å². The fourth-order valence-electron chi connectivity index (χ4n) is 6.50. The van der Waals surface area contributed by atoms with E-state index in [0.29, 0.717) is 19.3 Å². The van der Waals surface area contributed by atoms with Gasteiger partial charge in [0.2, 0.25) is 0 Å². The summed E-state index contributed by atoms with van der Waals surface area (Å²) >= 11 is 0. The van der Waals surface area contributed by atoms with Gasteiger partial charge in [0, 0.05) is 19.3 Å². The van der Waals surface area contributed by atoms with Crippen molar-refractivity contribution in [3.05, 3.63) is 109 Å². The highest BCUT2D eigenvalue weighted by atomic mass is 16.6. The Bertz CT molecular complexity index is 1330. The van der Waals surface area contributed by atoms with Crippen molar-refractivity contribution < 1.29 is 28.6 Å². The molecule has 1 atom stereocenters. The average Bonchev–Trinajstić information content (AvgIpc) is 3.28. The van der Waals surface area contributed by atoms with Gasteiger partial charge in [-0.1, -0.05) is 194 Å². The predicted molar refractivity (Wildman–Crippen MR) is 270 cm³/mol. The standard InChI is InChI=1S/C57H92O6/c1-4-7-10-13-16-19-22-25-27-28-30-32-35-38-41-44-47-50-56(59)62-53-54(52-61-55(58)49-46-43-40-37-34-31-24-21-18-15-12-9-6-3)63-57(60)51-48-45-42-39-36-33-29-26-23-20-17-14-11-8-5-2/h8-9,11-12,17-18,20-21,25-27,29,31,34,36,39-40,43,54H,4-7,10,13-16,19,22-24,28,30,32-33,35,37-38,41-42,44-53H2,1-3H3/b11-8-,12-9-,20-17-,21-18-,27-25-,29-26-,34-31-,39-36-,43-40-. The van der Waals surface area contributed by atoms with Crippen molar-refractivity contribution in [1.82, 2.24) is 0 Å². The van der Waals surface area contributed by atoms with Gasteiger partial charge in [0.15, 0.2) is 6.10 Å². The molecular weight excluding hydrogens is 781 g/mol. The maximum atomic E-state index is 12.8. The zero-order valence-electron chi connectivity index (χ0n) is 40.5. The highest BCUT2D eigenvalue weighted by Gasteiger charge is 2.19. The van der Waals surface area contributed by atoms with Crippen molar-refractivity contribution in [3.63, 3.8) is 0 Å². The molecule has 63 heavy (non-hydrogen) atoms. The lowest BCUT2D eigenvalue weighted by molar-refractivity contribution is -0.166. The molecule has 0 spiro atoms. The number of carbonyl (C=O) groups excluding carboxylic acids is 3. The molecule has 0 aliphatic rings. The van der Waals surface area contributed by atoms with Gasteiger partial charge in [-0.25, -0.2) is 0 Å². The molecule has 356 valence electrons. The minimum Gasteiger partial charge on any atom is -0.462 e. The van der Waals surface area contributed by atoms with Gasteiger partial charge in [0.1, 0.15) is 13.2 Å². The Labute approximate surface area is 387 Å². The zero-order valence-corrected chi connectivity index (χ0v) is 40.5. The second-order valence-corrected chi connectivity index (χ2v) is 16.3. The van der Waals surface area contributed by atoms with E-state index in [0.717, 1.165) is 83.5 Å². The molecule has 0 aromatic carbocycles. The molecule has 0 bridgehead atoms. The van der Waals surface area contributed by atoms with Crippen molar-refractivity contribution in [1.29, 1.82) is 0 Å². The summed E-state index contributed by atoms with van der Waals surface area (Å²) in [6.07, 6.45) is 68.0. The van der Waals surface area contributed by atoms with E-state index in [2.05, 4.69) is 118 Å². The third kappa shape index (κ3) is 49.0. The van der Waals surface area contributed by atoms with E-state index in [-0.39, 0.29) is 44.0 Å². The van der Waals surface area contributed by atoms with Gasteiger partial charge in [0.25, 0.3) is 0 Å². The lowest BCUT2D eigenvalue weighted by Gasteiger charge is -2.18. The molecule has 6 nitrogen and oxygen atoms in total. The van der Waals surface area contributed by atoms with Crippen LogP contribution < -0.4 is 0 Å². The first-order chi connectivity index (χ1) is 31.0. The van der Waals surface area contributed by atoms with E-state index in [4.69, 9.17) is 14.2 Å². The van der Waals surface area contributed by atoms with Crippen LogP contribution in [0.3, 0.4) is 0 Å². The fraction of sp³-hybridized carbons (Fsp3) is 0.632. The topological polar surface area (TPSA) is 78.9 Å². The van der Waals surface area contributed by atoms with Crippen LogP contribution in [0.15, 0.2) is 109 Å². The lowest BCUT2D eigenvalue weighted by atomic mass is 10.1. The molecule has 0 aromatic heterocycles. The fourth-order valence-corrected chi connectivity index (χ4v) is 6.50. The minimum absolute atomic E-state index is 0.121. The highest BCUT2D eigenvalue weighted by molar-refractivity contribution is 5.71. The lowest BCUT2D eigenvalue weighted by Crippen LogP contribution is -2.30. The number of ether oxygens (including phenoxy) is 3. The van der Waals surface area contributed by atoms with Gasteiger partial charge in [0.05, 0.1) is 0 Å². The van der Waals surface area contributed by atoms with Crippen LogP contribution in [0.4, 0.5) is 0 Å². The number of rotatable bonds is 44. The maximum absolute atomic E-state index is 12.8. The molecule has 0 aliphatic heterocycles. The second kappa shape index (κ2) is 50.7. The van der Waals surface area contributed by atoms with Gasteiger partial charge in [-0.2, -0.15) is 0 Å². The normalized spacial score (nSPS) is 13.0. The smallest absolute Gasteiger partial charge is 0.306 e. The first-order valence-electron chi connectivity index (χ1n) is 25.4. The van der Waals surface area contributed by atoms with E-state index in [1.165, 1.54) is 77.0 Å². The van der Waals surface area contributed by atoms with Crippen molar-refractivity contribution in [3.8, 4) is 0 Å². The highest BCUT2D eigenvalue weighted by Crippen LogP contribution is 2.13. The molecule has 6 heteroatoms. The molecule has 0 heterocycles. The summed E-state index contributed by atoms with van der Waals surface area (Å²) in [6.45, 7) is 6.28. The summed E-state index contributed by atoms with van der Waals surface area (Å²) in [5.74, 6) is -1.06. The van der Waals surface area contributed by atoms with Crippen LogP contribution in [-0.2, 0) is 28.6 Å². The Kier molecular flexibility index (Phi) is 47.5. The Morgan fingerprint density at radius 1 is 0.333 bits per heavy atom. The molecule has 0 rings (SSSR count). The van der Waals surface area contributed by atoms with Crippen molar-refractivity contribution in [2.75, 3.05) is 13.2 Å². The van der Waals surface area contributed by atoms with Gasteiger partial charge >= 0.3 is 17.9 Å². The molecular formula is C57H92O6. The molecule has 0 N–H and O–H groups in total. The summed E-state index contributed by atoms with van der Waals surface area (Å²) in [6, 6.07) is 0. The number of hydrogen-bond donors (Lipinski definition) is 0.